The van der Waals surface area contributed by atoms with Crippen molar-refractivity contribution < 1.29 is 4.74 Å². The number of benzene rings is 2. The van der Waals surface area contributed by atoms with Crippen molar-refractivity contribution in [3.63, 3.8) is 0 Å². The first-order valence-electron chi connectivity index (χ1n) is 7.28. The van der Waals surface area contributed by atoms with E-state index in [0.717, 1.165) is 30.2 Å². The van der Waals surface area contributed by atoms with Gasteiger partial charge in [-0.1, -0.05) is 26.0 Å². The molecule has 2 nitrogen and oxygen atoms in total. The Hall–Kier alpha value is -1.07. The summed E-state index contributed by atoms with van der Waals surface area (Å²) in [7, 11) is 0. The van der Waals surface area contributed by atoms with Gasteiger partial charge in [0.05, 0.1) is 0 Å². The highest BCUT2D eigenvalue weighted by molar-refractivity contribution is 14.1. The Morgan fingerprint density at radius 1 is 1.10 bits per heavy atom. The van der Waals surface area contributed by atoms with Crippen LogP contribution < -0.4 is 10.1 Å². The molecule has 0 atom stereocenters. The maximum Gasteiger partial charge on any atom is 0.130 e. The van der Waals surface area contributed by atoms with Crippen molar-refractivity contribution in [3.05, 3.63) is 57.2 Å². The zero-order valence-corrected chi connectivity index (χ0v) is 15.0. The van der Waals surface area contributed by atoms with Crippen molar-refractivity contribution in [3.8, 4) is 11.5 Å². The molecule has 2 aromatic carbocycles. The second kappa shape index (κ2) is 7.80. The molecule has 2 rings (SSSR count). The third kappa shape index (κ3) is 5.32. The van der Waals surface area contributed by atoms with Crippen LogP contribution >= 0.6 is 22.6 Å². The summed E-state index contributed by atoms with van der Waals surface area (Å²) in [6.45, 7) is 8.48. The standard InChI is InChI=1S/C18H22INO/c1-13(2)11-20-12-15-4-9-18(14(3)10-15)21-17-7-5-16(19)6-8-17/h4-10,13,20H,11-12H2,1-3H3. The second-order valence-electron chi connectivity index (χ2n) is 5.68. The number of halogens is 1. The summed E-state index contributed by atoms with van der Waals surface area (Å²) in [5.41, 5.74) is 2.46. The van der Waals surface area contributed by atoms with Crippen molar-refractivity contribution >= 4 is 22.6 Å². The van der Waals surface area contributed by atoms with Crippen LogP contribution in [-0.2, 0) is 6.54 Å². The van der Waals surface area contributed by atoms with Crippen molar-refractivity contribution in [2.75, 3.05) is 6.54 Å². The lowest BCUT2D eigenvalue weighted by Gasteiger charge is -2.12. The molecule has 3 heteroatoms. The minimum atomic E-state index is 0.676. The highest BCUT2D eigenvalue weighted by Gasteiger charge is 2.03. The SMILES string of the molecule is Cc1cc(CNCC(C)C)ccc1Oc1ccc(I)cc1. The third-order valence-corrected chi connectivity index (χ3v) is 3.88. The highest BCUT2D eigenvalue weighted by Crippen LogP contribution is 2.26. The van der Waals surface area contributed by atoms with Gasteiger partial charge in [-0.25, -0.2) is 0 Å². The van der Waals surface area contributed by atoms with Crippen molar-refractivity contribution in [1.29, 1.82) is 0 Å². The van der Waals surface area contributed by atoms with Gasteiger partial charge < -0.3 is 10.1 Å². The van der Waals surface area contributed by atoms with E-state index in [1.54, 1.807) is 0 Å². The molecule has 0 saturated heterocycles. The molecule has 0 spiro atoms. The van der Waals surface area contributed by atoms with Gasteiger partial charge in [0.15, 0.2) is 0 Å². The molecule has 0 fully saturated rings. The van der Waals surface area contributed by atoms with Gasteiger partial charge in [0.2, 0.25) is 0 Å². The second-order valence-corrected chi connectivity index (χ2v) is 6.93. The summed E-state index contributed by atoms with van der Waals surface area (Å²) in [6, 6.07) is 14.5. The molecular weight excluding hydrogens is 373 g/mol. The van der Waals surface area contributed by atoms with Crippen molar-refractivity contribution in [2.24, 2.45) is 5.92 Å². The van der Waals surface area contributed by atoms with E-state index >= 15 is 0 Å². The summed E-state index contributed by atoms with van der Waals surface area (Å²) < 4.78 is 7.15. The lowest BCUT2D eigenvalue weighted by Crippen LogP contribution is -2.18. The number of hydrogen-bond donors (Lipinski definition) is 1. The van der Waals surface area contributed by atoms with Crippen molar-refractivity contribution in [1.82, 2.24) is 5.32 Å². The van der Waals surface area contributed by atoms with Gasteiger partial charge in [-0.3, -0.25) is 0 Å². The normalized spacial score (nSPS) is 10.9. The Bertz CT molecular complexity index is 578. The van der Waals surface area contributed by atoms with Crippen LogP contribution in [-0.4, -0.2) is 6.54 Å². The topological polar surface area (TPSA) is 21.3 Å². The molecule has 1 N–H and O–H groups in total. The largest absolute Gasteiger partial charge is 0.457 e. The molecule has 0 radical (unpaired) electrons. The minimum Gasteiger partial charge on any atom is -0.457 e. The molecule has 0 aliphatic rings. The molecule has 112 valence electrons. The zero-order valence-electron chi connectivity index (χ0n) is 12.8. The van der Waals surface area contributed by atoms with Crippen molar-refractivity contribution in [2.45, 2.75) is 27.3 Å². The lowest BCUT2D eigenvalue weighted by molar-refractivity contribution is 0.478. The third-order valence-electron chi connectivity index (χ3n) is 3.16. The smallest absolute Gasteiger partial charge is 0.130 e. The zero-order chi connectivity index (χ0) is 15.2. The van der Waals surface area contributed by atoms with Crippen LogP contribution in [0.2, 0.25) is 0 Å². The summed E-state index contributed by atoms with van der Waals surface area (Å²) >= 11 is 2.29. The fourth-order valence-electron chi connectivity index (χ4n) is 2.07. The maximum absolute atomic E-state index is 5.94. The first-order valence-corrected chi connectivity index (χ1v) is 8.36. The lowest BCUT2D eigenvalue weighted by atomic mass is 10.1. The molecule has 0 amide bonds. The highest BCUT2D eigenvalue weighted by atomic mass is 127. The molecule has 0 bridgehead atoms. The van der Waals surface area contributed by atoms with Crippen LogP contribution in [0.3, 0.4) is 0 Å². The predicted molar refractivity (Wildman–Crippen MR) is 97.0 cm³/mol. The quantitative estimate of drug-likeness (QED) is 0.685. The molecule has 0 unspecified atom stereocenters. The molecule has 0 aliphatic carbocycles. The van der Waals surface area contributed by atoms with Crippen LogP contribution in [0, 0.1) is 16.4 Å². The van der Waals surface area contributed by atoms with Gasteiger partial charge in [0, 0.05) is 10.1 Å². The van der Waals surface area contributed by atoms with Crippen LogP contribution in [0.4, 0.5) is 0 Å². The molecule has 2 aromatic rings. The van der Waals surface area contributed by atoms with E-state index in [1.807, 2.05) is 12.1 Å². The van der Waals surface area contributed by atoms with Crippen LogP contribution in [0.15, 0.2) is 42.5 Å². The van der Waals surface area contributed by atoms with E-state index in [-0.39, 0.29) is 0 Å². The number of ether oxygens (including phenoxy) is 1. The Labute approximate surface area is 141 Å². The van der Waals surface area contributed by atoms with E-state index in [0.29, 0.717) is 5.92 Å². The first-order chi connectivity index (χ1) is 10.0. The van der Waals surface area contributed by atoms with Gasteiger partial charge in [-0.2, -0.15) is 0 Å². The van der Waals surface area contributed by atoms with Crippen LogP contribution in [0.5, 0.6) is 11.5 Å². The first kappa shape index (κ1) is 16.3. The van der Waals surface area contributed by atoms with Crippen LogP contribution in [0.25, 0.3) is 0 Å². The van der Waals surface area contributed by atoms with E-state index in [2.05, 4.69) is 79.0 Å². The molecule has 0 heterocycles. The minimum absolute atomic E-state index is 0.676. The van der Waals surface area contributed by atoms with Gasteiger partial charge in [-0.05, 0) is 83.4 Å². The number of rotatable bonds is 6. The average Bonchev–Trinajstić information content (AvgIpc) is 2.44. The molecule has 0 aliphatic heterocycles. The number of hydrogen-bond acceptors (Lipinski definition) is 2. The number of nitrogens with one attached hydrogen (secondary N) is 1. The fraction of sp³-hybridized carbons (Fsp3) is 0.333. The van der Waals surface area contributed by atoms with E-state index in [4.69, 9.17) is 4.74 Å². The van der Waals surface area contributed by atoms with Gasteiger partial charge in [-0.15, -0.1) is 0 Å². The van der Waals surface area contributed by atoms with Gasteiger partial charge in [0.1, 0.15) is 11.5 Å². The van der Waals surface area contributed by atoms with E-state index in [9.17, 15) is 0 Å². The Balaban J connectivity index is 2.00. The monoisotopic (exact) mass is 395 g/mol. The van der Waals surface area contributed by atoms with Gasteiger partial charge in [0.25, 0.3) is 0 Å². The summed E-state index contributed by atoms with van der Waals surface area (Å²) in [4.78, 5) is 0. The summed E-state index contributed by atoms with van der Waals surface area (Å²) in [5.74, 6) is 2.47. The predicted octanol–water partition coefficient (Wildman–Crippen LogP) is 5.14. The summed E-state index contributed by atoms with van der Waals surface area (Å²) in [5, 5.41) is 3.46. The molecule has 0 saturated carbocycles. The Kier molecular flexibility index (Phi) is 6.06. The van der Waals surface area contributed by atoms with Crippen LogP contribution in [0.1, 0.15) is 25.0 Å². The maximum atomic E-state index is 5.94. The van der Waals surface area contributed by atoms with E-state index in [1.165, 1.54) is 9.13 Å². The Morgan fingerprint density at radius 2 is 1.81 bits per heavy atom. The Morgan fingerprint density at radius 3 is 2.43 bits per heavy atom. The number of aryl methyl sites for hydroxylation is 1. The molecule has 21 heavy (non-hydrogen) atoms. The van der Waals surface area contributed by atoms with E-state index < -0.39 is 0 Å². The van der Waals surface area contributed by atoms with Gasteiger partial charge >= 0.3 is 0 Å². The summed E-state index contributed by atoms with van der Waals surface area (Å²) in [6.07, 6.45) is 0. The average molecular weight is 395 g/mol. The molecule has 0 aromatic heterocycles. The molecular formula is C18H22INO. The fourth-order valence-corrected chi connectivity index (χ4v) is 2.43.